The van der Waals surface area contributed by atoms with Gasteiger partial charge in [-0.25, -0.2) is 9.97 Å². The van der Waals surface area contributed by atoms with Crippen molar-refractivity contribution in [1.29, 1.82) is 0 Å². The van der Waals surface area contributed by atoms with Gasteiger partial charge >= 0.3 is 0 Å². The summed E-state index contributed by atoms with van der Waals surface area (Å²) in [5.41, 5.74) is 1.35. The van der Waals surface area contributed by atoms with Crippen molar-refractivity contribution in [1.82, 2.24) is 15.0 Å². The summed E-state index contributed by atoms with van der Waals surface area (Å²) in [4.78, 5) is 11.3. The van der Waals surface area contributed by atoms with Crippen molar-refractivity contribution in [2.45, 2.75) is 12.1 Å². The van der Waals surface area contributed by atoms with Gasteiger partial charge in [-0.05, 0) is 23.8 Å². The van der Waals surface area contributed by atoms with Crippen LogP contribution in [0.25, 0.3) is 11.0 Å². The van der Waals surface area contributed by atoms with Crippen molar-refractivity contribution in [3.05, 3.63) is 53.4 Å². The molecule has 0 radical (unpaired) electrons. The summed E-state index contributed by atoms with van der Waals surface area (Å²) in [5, 5.41) is 24.5. The molecule has 0 aliphatic carbocycles. The van der Waals surface area contributed by atoms with E-state index < -0.39 is 12.1 Å². The minimum absolute atomic E-state index is 0.250. The lowest BCUT2D eigenvalue weighted by Crippen LogP contribution is -2.31. The lowest BCUT2D eigenvalue weighted by atomic mass is 10.0. The van der Waals surface area contributed by atoms with E-state index in [1.807, 2.05) is 6.07 Å². The Morgan fingerprint density at radius 2 is 1.95 bits per heavy atom. The van der Waals surface area contributed by atoms with Crippen molar-refractivity contribution in [3.63, 3.8) is 0 Å². The Balaban J connectivity index is 1.85. The highest BCUT2D eigenvalue weighted by atomic mass is 35.5. The van der Waals surface area contributed by atoms with E-state index >= 15 is 0 Å². The molecular formula is C15H15ClN4O2. The van der Waals surface area contributed by atoms with E-state index in [0.29, 0.717) is 22.1 Å². The Labute approximate surface area is 131 Å². The normalized spacial score (nSPS) is 14.0. The van der Waals surface area contributed by atoms with E-state index in [1.165, 1.54) is 6.33 Å². The number of nitrogens with one attached hydrogen (secondary N) is 2. The number of benzene rings is 1. The minimum atomic E-state index is -0.897. The van der Waals surface area contributed by atoms with E-state index in [0.717, 1.165) is 5.39 Å². The van der Waals surface area contributed by atoms with Crippen LogP contribution in [0.2, 0.25) is 5.02 Å². The molecule has 2 atom stereocenters. The van der Waals surface area contributed by atoms with Crippen LogP contribution in [-0.4, -0.2) is 37.8 Å². The molecule has 3 aromatic rings. The number of hydrogen-bond donors (Lipinski definition) is 4. The molecule has 0 aliphatic rings. The van der Waals surface area contributed by atoms with Crippen LogP contribution in [0.1, 0.15) is 11.7 Å². The lowest BCUT2D eigenvalue weighted by Gasteiger charge is -2.23. The summed E-state index contributed by atoms with van der Waals surface area (Å²) in [5.74, 6) is 0.554. The Morgan fingerprint density at radius 3 is 2.68 bits per heavy atom. The van der Waals surface area contributed by atoms with Crippen molar-refractivity contribution in [2.24, 2.45) is 0 Å². The zero-order chi connectivity index (χ0) is 15.5. The molecule has 0 bridgehead atoms. The molecule has 22 heavy (non-hydrogen) atoms. The maximum absolute atomic E-state index is 10.4. The first-order chi connectivity index (χ1) is 10.7. The van der Waals surface area contributed by atoms with Crippen LogP contribution in [0.5, 0.6) is 0 Å². The first-order valence-corrected chi connectivity index (χ1v) is 7.16. The van der Waals surface area contributed by atoms with Gasteiger partial charge in [0.15, 0.2) is 0 Å². The van der Waals surface area contributed by atoms with E-state index in [1.54, 1.807) is 30.5 Å². The Kier molecular flexibility index (Phi) is 4.24. The predicted octanol–water partition coefficient (Wildman–Crippen LogP) is 2.12. The van der Waals surface area contributed by atoms with E-state index in [2.05, 4.69) is 20.3 Å². The fourth-order valence-corrected chi connectivity index (χ4v) is 2.41. The molecule has 4 N–H and O–H groups in total. The van der Waals surface area contributed by atoms with E-state index in [4.69, 9.17) is 11.6 Å². The van der Waals surface area contributed by atoms with Gasteiger partial charge in [0.2, 0.25) is 0 Å². The van der Waals surface area contributed by atoms with Gasteiger partial charge in [0.05, 0.1) is 18.0 Å². The third-order valence-electron chi connectivity index (χ3n) is 3.47. The molecule has 0 spiro atoms. The summed E-state index contributed by atoms with van der Waals surface area (Å²) in [6.07, 6.45) is 2.28. The quantitative estimate of drug-likeness (QED) is 0.578. The first-order valence-electron chi connectivity index (χ1n) is 6.78. The third kappa shape index (κ3) is 2.89. The third-order valence-corrected chi connectivity index (χ3v) is 3.72. The highest BCUT2D eigenvalue weighted by molar-refractivity contribution is 6.30. The largest absolute Gasteiger partial charge is 0.394 e. The average molecular weight is 319 g/mol. The molecule has 3 rings (SSSR count). The molecule has 0 unspecified atom stereocenters. The highest BCUT2D eigenvalue weighted by Gasteiger charge is 2.21. The van der Waals surface area contributed by atoms with Gasteiger partial charge in [-0.2, -0.15) is 0 Å². The van der Waals surface area contributed by atoms with Gasteiger partial charge in [0, 0.05) is 11.2 Å². The number of aliphatic hydroxyl groups is 2. The van der Waals surface area contributed by atoms with Gasteiger partial charge in [0.1, 0.15) is 23.9 Å². The SMILES string of the molecule is OC[C@H](Nc1ncnc2[nH]ccc12)[C@H](O)c1ccc(Cl)cc1. The monoisotopic (exact) mass is 318 g/mol. The molecule has 6 nitrogen and oxygen atoms in total. The summed E-state index contributed by atoms with van der Waals surface area (Å²) in [6.45, 7) is -0.250. The number of aromatic nitrogens is 3. The molecular weight excluding hydrogens is 304 g/mol. The van der Waals surface area contributed by atoms with Gasteiger partial charge in [0.25, 0.3) is 0 Å². The van der Waals surface area contributed by atoms with Gasteiger partial charge < -0.3 is 20.5 Å². The number of anilines is 1. The fourth-order valence-electron chi connectivity index (χ4n) is 2.28. The molecule has 0 amide bonds. The molecule has 0 fully saturated rings. The number of hydrogen-bond acceptors (Lipinski definition) is 5. The van der Waals surface area contributed by atoms with Gasteiger partial charge in [-0.15, -0.1) is 0 Å². The average Bonchev–Trinajstić information content (AvgIpc) is 3.02. The first kappa shape index (κ1) is 14.8. The number of nitrogens with zero attached hydrogens (tertiary/aromatic N) is 2. The van der Waals surface area contributed by atoms with Gasteiger partial charge in [-0.3, -0.25) is 0 Å². The van der Waals surface area contributed by atoms with Crippen LogP contribution >= 0.6 is 11.6 Å². The van der Waals surface area contributed by atoms with Crippen LogP contribution < -0.4 is 5.32 Å². The Hall–Kier alpha value is -2.15. The van der Waals surface area contributed by atoms with Crippen LogP contribution in [0.3, 0.4) is 0 Å². The number of aromatic amines is 1. The zero-order valence-corrected chi connectivity index (χ0v) is 12.3. The molecule has 114 valence electrons. The van der Waals surface area contributed by atoms with E-state index in [-0.39, 0.29) is 6.61 Å². The molecule has 0 saturated heterocycles. The predicted molar refractivity (Wildman–Crippen MR) is 84.8 cm³/mol. The molecule has 1 aromatic carbocycles. The molecule has 0 saturated carbocycles. The maximum atomic E-state index is 10.4. The standard InChI is InChI=1S/C15H15ClN4O2/c16-10-3-1-9(2-4-10)13(22)12(7-21)20-15-11-5-6-17-14(11)18-8-19-15/h1-6,8,12-13,21-22H,7H2,(H2,17,18,19,20)/t12-,13+/m0/s1. The van der Waals surface area contributed by atoms with Crippen LogP contribution in [-0.2, 0) is 0 Å². The number of rotatable bonds is 5. The minimum Gasteiger partial charge on any atom is -0.394 e. The van der Waals surface area contributed by atoms with Crippen LogP contribution in [0.4, 0.5) is 5.82 Å². The Morgan fingerprint density at radius 1 is 1.18 bits per heavy atom. The highest BCUT2D eigenvalue weighted by Crippen LogP contribution is 2.24. The summed E-state index contributed by atoms with van der Waals surface area (Å²) in [7, 11) is 0. The summed E-state index contributed by atoms with van der Waals surface area (Å²) < 4.78 is 0. The lowest BCUT2D eigenvalue weighted by molar-refractivity contribution is 0.118. The molecule has 7 heteroatoms. The number of halogens is 1. The van der Waals surface area contributed by atoms with Crippen molar-refractivity contribution in [3.8, 4) is 0 Å². The number of fused-ring (bicyclic) bond motifs is 1. The van der Waals surface area contributed by atoms with Gasteiger partial charge in [-0.1, -0.05) is 23.7 Å². The molecule has 0 aliphatic heterocycles. The Bertz CT molecular complexity index is 760. The van der Waals surface area contributed by atoms with Crippen LogP contribution in [0, 0.1) is 0 Å². The summed E-state index contributed by atoms with van der Waals surface area (Å²) >= 11 is 5.85. The van der Waals surface area contributed by atoms with E-state index in [9.17, 15) is 10.2 Å². The molecule has 2 aromatic heterocycles. The van der Waals surface area contributed by atoms with Crippen LogP contribution in [0.15, 0.2) is 42.9 Å². The second kappa shape index (κ2) is 6.31. The molecule has 2 heterocycles. The fraction of sp³-hybridized carbons (Fsp3) is 0.200. The van der Waals surface area contributed by atoms with Crippen molar-refractivity contribution >= 4 is 28.5 Å². The zero-order valence-electron chi connectivity index (χ0n) is 11.6. The number of H-pyrrole nitrogens is 1. The van der Waals surface area contributed by atoms with Crippen molar-refractivity contribution < 1.29 is 10.2 Å². The smallest absolute Gasteiger partial charge is 0.142 e. The topological polar surface area (TPSA) is 94.1 Å². The number of aliphatic hydroxyl groups excluding tert-OH is 2. The maximum Gasteiger partial charge on any atom is 0.142 e. The second-order valence-electron chi connectivity index (χ2n) is 4.89. The summed E-state index contributed by atoms with van der Waals surface area (Å²) in [6, 6.07) is 8.08. The second-order valence-corrected chi connectivity index (χ2v) is 5.33. The van der Waals surface area contributed by atoms with Crippen molar-refractivity contribution in [2.75, 3.05) is 11.9 Å².